The van der Waals surface area contributed by atoms with E-state index < -0.39 is 17.7 Å². The molecular formula is C16H14ClFO3. The highest BCUT2D eigenvalue weighted by atomic mass is 35.5. The average molecular weight is 309 g/mol. The van der Waals surface area contributed by atoms with Crippen molar-refractivity contribution >= 4 is 17.6 Å². The van der Waals surface area contributed by atoms with Gasteiger partial charge >= 0.3 is 5.97 Å². The summed E-state index contributed by atoms with van der Waals surface area (Å²) < 4.78 is 18.4. The molecule has 0 aliphatic carbocycles. The summed E-state index contributed by atoms with van der Waals surface area (Å²) in [5, 5.41) is 9.79. The van der Waals surface area contributed by atoms with Gasteiger partial charge in [0.05, 0.1) is 12.5 Å². The highest BCUT2D eigenvalue weighted by Gasteiger charge is 2.20. The molecule has 110 valence electrons. The Kier molecular flexibility index (Phi) is 5.17. The van der Waals surface area contributed by atoms with E-state index in [4.69, 9.17) is 16.3 Å². The van der Waals surface area contributed by atoms with E-state index >= 15 is 0 Å². The van der Waals surface area contributed by atoms with Crippen molar-refractivity contribution in [2.75, 3.05) is 6.61 Å². The van der Waals surface area contributed by atoms with Crippen molar-refractivity contribution in [1.29, 1.82) is 0 Å². The minimum Gasteiger partial charge on any atom is -0.493 e. The Balaban J connectivity index is 1.99. The summed E-state index contributed by atoms with van der Waals surface area (Å²) in [5.41, 5.74) is 0.623. The van der Waals surface area contributed by atoms with Crippen LogP contribution in [-0.2, 0) is 4.79 Å². The largest absolute Gasteiger partial charge is 0.493 e. The molecule has 0 saturated heterocycles. The molecule has 0 saturated carbocycles. The predicted octanol–water partition coefficient (Wildman–Crippen LogP) is 4.12. The zero-order valence-electron chi connectivity index (χ0n) is 11.1. The standard InChI is InChI=1S/C16H14ClFO3/c17-12-4-1-3-11(9-12)15(16(19)20)7-8-21-14-6-2-5-13(18)10-14/h1-6,9-10,15H,7-8H2,(H,19,20). The molecule has 0 aromatic heterocycles. The van der Waals surface area contributed by atoms with Crippen molar-refractivity contribution in [3.05, 3.63) is 64.9 Å². The van der Waals surface area contributed by atoms with E-state index in [9.17, 15) is 14.3 Å². The van der Waals surface area contributed by atoms with Gasteiger partial charge in [0, 0.05) is 11.1 Å². The first kappa shape index (κ1) is 15.3. The van der Waals surface area contributed by atoms with Crippen LogP contribution in [0.5, 0.6) is 5.75 Å². The lowest BCUT2D eigenvalue weighted by atomic mass is 9.96. The second kappa shape index (κ2) is 7.09. The lowest BCUT2D eigenvalue weighted by Crippen LogP contribution is -2.15. The third-order valence-electron chi connectivity index (χ3n) is 3.02. The van der Waals surface area contributed by atoms with E-state index in [1.165, 1.54) is 18.2 Å². The van der Waals surface area contributed by atoms with Crippen LogP contribution in [0.4, 0.5) is 4.39 Å². The van der Waals surface area contributed by atoms with E-state index in [1.54, 1.807) is 30.3 Å². The Morgan fingerprint density at radius 2 is 2.00 bits per heavy atom. The SMILES string of the molecule is O=C(O)C(CCOc1cccc(F)c1)c1cccc(Cl)c1. The van der Waals surface area contributed by atoms with Gasteiger partial charge in [-0.3, -0.25) is 4.79 Å². The average Bonchev–Trinajstić information content (AvgIpc) is 2.43. The van der Waals surface area contributed by atoms with Gasteiger partial charge in [-0.25, -0.2) is 4.39 Å². The molecule has 5 heteroatoms. The van der Waals surface area contributed by atoms with Crippen LogP contribution < -0.4 is 4.74 Å². The lowest BCUT2D eigenvalue weighted by Gasteiger charge is -2.14. The van der Waals surface area contributed by atoms with Crippen LogP contribution >= 0.6 is 11.6 Å². The Morgan fingerprint density at radius 1 is 1.24 bits per heavy atom. The van der Waals surface area contributed by atoms with Crippen molar-refractivity contribution in [3.63, 3.8) is 0 Å². The quantitative estimate of drug-likeness (QED) is 0.873. The molecule has 1 N–H and O–H groups in total. The second-order valence-electron chi connectivity index (χ2n) is 4.54. The third-order valence-corrected chi connectivity index (χ3v) is 3.26. The maximum atomic E-state index is 13.0. The first-order valence-electron chi connectivity index (χ1n) is 6.43. The summed E-state index contributed by atoms with van der Waals surface area (Å²) in [4.78, 5) is 11.3. The van der Waals surface area contributed by atoms with Crippen LogP contribution in [0.2, 0.25) is 5.02 Å². The maximum absolute atomic E-state index is 13.0. The summed E-state index contributed by atoms with van der Waals surface area (Å²) >= 11 is 5.88. The number of carbonyl (C=O) groups is 1. The Bertz CT molecular complexity index is 630. The van der Waals surface area contributed by atoms with Gasteiger partial charge in [-0.2, -0.15) is 0 Å². The molecule has 1 atom stereocenters. The highest BCUT2D eigenvalue weighted by Crippen LogP contribution is 2.23. The number of aliphatic carboxylic acids is 1. The van der Waals surface area contributed by atoms with Crippen LogP contribution in [0.15, 0.2) is 48.5 Å². The van der Waals surface area contributed by atoms with Gasteiger partial charge in [-0.1, -0.05) is 29.8 Å². The summed E-state index contributed by atoms with van der Waals surface area (Å²) in [6.07, 6.45) is 0.270. The number of benzene rings is 2. The summed E-state index contributed by atoms with van der Waals surface area (Å²) in [6, 6.07) is 12.5. The molecule has 2 aromatic rings. The molecule has 0 aliphatic heterocycles. The van der Waals surface area contributed by atoms with Gasteiger partial charge in [-0.15, -0.1) is 0 Å². The number of rotatable bonds is 6. The molecular weight excluding hydrogens is 295 g/mol. The normalized spacial score (nSPS) is 11.9. The Labute approximate surface area is 126 Å². The van der Waals surface area contributed by atoms with E-state index in [0.717, 1.165) is 0 Å². The highest BCUT2D eigenvalue weighted by molar-refractivity contribution is 6.30. The van der Waals surface area contributed by atoms with Gasteiger partial charge in [0.1, 0.15) is 11.6 Å². The number of carboxylic acid groups (broad SMARTS) is 1. The lowest BCUT2D eigenvalue weighted by molar-refractivity contribution is -0.139. The first-order chi connectivity index (χ1) is 10.1. The Morgan fingerprint density at radius 3 is 2.67 bits per heavy atom. The van der Waals surface area contributed by atoms with Gasteiger partial charge in [-0.05, 0) is 36.2 Å². The zero-order valence-corrected chi connectivity index (χ0v) is 11.9. The molecule has 3 nitrogen and oxygen atoms in total. The molecule has 0 amide bonds. The first-order valence-corrected chi connectivity index (χ1v) is 6.80. The monoisotopic (exact) mass is 308 g/mol. The maximum Gasteiger partial charge on any atom is 0.311 e. The van der Waals surface area contributed by atoms with Crippen LogP contribution in [0.3, 0.4) is 0 Å². The van der Waals surface area contributed by atoms with Crippen molar-refractivity contribution in [2.24, 2.45) is 0 Å². The van der Waals surface area contributed by atoms with Crippen molar-refractivity contribution in [3.8, 4) is 5.75 Å². The van der Waals surface area contributed by atoms with Gasteiger partial charge < -0.3 is 9.84 Å². The van der Waals surface area contributed by atoms with Crippen molar-refractivity contribution in [1.82, 2.24) is 0 Å². The molecule has 0 fully saturated rings. The molecule has 21 heavy (non-hydrogen) atoms. The molecule has 0 spiro atoms. The van der Waals surface area contributed by atoms with E-state index in [-0.39, 0.29) is 13.0 Å². The molecule has 0 heterocycles. The number of hydrogen-bond donors (Lipinski definition) is 1. The smallest absolute Gasteiger partial charge is 0.311 e. The molecule has 1 unspecified atom stereocenters. The van der Waals surface area contributed by atoms with Crippen molar-refractivity contribution < 1.29 is 19.0 Å². The molecule has 0 aliphatic rings. The molecule has 0 bridgehead atoms. The van der Waals surface area contributed by atoms with Crippen LogP contribution in [0, 0.1) is 5.82 Å². The Hall–Kier alpha value is -2.07. The fourth-order valence-corrected chi connectivity index (χ4v) is 2.21. The predicted molar refractivity (Wildman–Crippen MR) is 78.3 cm³/mol. The summed E-state index contributed by atoms with van der Waals surface area (Å²) in [7, 11) is 0. The van der Waals surface area contributed by atoms with Crippen LogP contribution in [0.1, 0.15) is 17.9 Å². The van der Waals surface area contributed by atoms with Gasteiger partial charge in [0.2, 0.25) is 0 Å². The molecule has 2 rings (SSSR count). The molecule has 2 aromatic carbocycles. The second-order valence-corrected chi connectivity index (χ2v) is 4.98. The fourth-order valence-electron chi connectivity index (χ4n) is 2.01. The number of halogens is 2. The summed E-state index contributed by atoms with van der Waals surface area (Å²) in [6.45, 7) is 0.174. The summed E-state index contributed by atoms with van der Waals surface area (Å²) in [5.74, 6) is -1.67. The minimum atomic E-state index is -0.944. The van der Waals surface area contributed by atoms with E-state index in [2.05, 4.69) is 0 Å². The van der Waals surface area contributed by atoms with E-state index in [0.29, 0.717) is 16.3 Å². The minimum absolute atomic E-state index is 0.174. The topological polar surface area (TPSA) is 46.5 Å². The van der Waals surface area contributed by atoms with Crippen molar-refractivity contribution in [2.45, 2.75) is 12.3 Å². The van der Waals surface area contributed by atoms with Gasteiger partial charge in [0.15, 0.2) is 0 Å². The zero-order chi connectivity index (χ0) is 15.2. The number of ether oxygens (including phenoxy) is 1. The number of carboxylic acids is 1. The van der Waals surface area contributed by atoms with E-state index in [1.807, 2.05) is 0 Å². The molecule has 0 radical (unpaired) electrons. The van der Waals surface area contributed by atoms with Crippen LogP contribution in [0.25, 0.3) is 0 Å². The fraction of sp³-hybridized carbons (Fsp3) is 0.188. The van der Waals surface area contributed by atoms with Crippen LogP contribution in [-0.4, -0.2) is 17.7 Å². The number of hydrogen-bond acceptors (Lipinski definition) is 2. The van der Waals surface area contributed by atoms with Gasteiger partial charge in [0.25, 0.3) is 0 Å². The third kappa shape index (κ3) is 4.46.